The van der Waals surface area contributed by atoms with E-state index in [1.807, 2.05) is 19.9 Å². The van der Waals surface area contributed by atoms with E-state index >= 15 is 0 Å². The largest absolute Gasteiger partial charge is 0.336 e. The summed E-state index contributed by atoms with van der Waals surface area (Å²) in [5.74, 6) is -0.716. The number of carbonyl (C=O) groups is 1. The van der Waals surface area contributed by atoms with Gasteiger partial charge in [0.2, 0.25) is 0 Å². The number of halogens is 1. The monoisotopic (exact) mass is 220 g/mol. The molecule has 0 aliphatic rings. The molecule has 1 rings (SSSR count). The zero-order valence-electron chi connectivity index (χ0n) is 9.20. The van der Waals surface area contributed by atoms with Crippen LogP contribution in [0.2, 0.25) is 0 Å². The van der Waals surface area contributed by atoms with E-state index in [1.54, 1.807) is 0 Å². The van der Waals surface area contributed by atoms with E-state index < -0.39 is 11.9 Å². The van der Waals surface area contributed by atoms with Gasteiger partial charge in [-0.1, -0.05) is 13.8 Å². The third-order valence-electron chi connectivity index (χ3n) is 2.20. The van der Waals surface area contributed by atoms with Crippen molar-refractivity contribution in [1.82, 2.24) is 5.32 Å². The van der Waals surface area contributed by atoms with Crippen LogP contribution in [0.4, 0.5) is 4.39 Å². The SMILES string of the molecule is CC(C)C(C#N)NC(=O)c1ccc(F)cc1. The van der Waals surface area contributed by atoms with Crippen LogP contribution in [0.1, 0.15) is 24.2 Å². The maximum absolute atomic E-state index is 12.6. The molecule has 16 heavy (non-hydrogen) atoms. The van der Waals surface area contributed by atoms with E-state index in [9.17, 15) is 9.18 Å². The minimum Gasteiger partial charge on any atom is -0.336 e. The number of carbonyl (C=O) groups excluding carboxylic acids is 1. The van der Waals surface area contributed by atoms with Crippen molar-refractivity contribution in [3.63, 3.8) is 0 Å². The minimum absolute atomic E-state index is 0.0365. The van der Waals surface area contributed by atoms with Crippen LogP contribution < -0.4 is 5.32 Å². The highest BCUT2D eigenvalue weighted by atomic mass is 19.1. The molecule has 1 aromatic carbocycles. The second-order valence-corrected chi connectivity index (χ2v) is 3.83. The first-order valence-corrected chi connectivity index (χ1v) is 5.00. The first-order chi connectivity index (χ1) is 7.54. The fraction of sp³-hybridized carbons (Fsp3) is 0.333. The number of rotatable bonds is 3. The van der Waals surface area contributed by atoms with Crippen LogP contribution in [0.15, 0.2) is 24.3 Å². The maximum atomic E-state index is 12.6. The van der Waals surface area contributed by atoms with Gasteiger partial charge in [0.1, 0.15) is 11.9 Å². The molecule has 84 valence electrons. The molecule has 0 aliphatic carbocycles. The summed E-state index contributed by atoms with van der Waals surface area (Å²) >= 11 is 0. The highest BCUT2D eigenvalue weighted by molar-refractivity contribution is 5.94. The van der Waals surface area contributed by atoms with Crippen molar-refractivity contribution in [2.75, 3.05) is 0 Å². The molecule has 0 fully saturated rings. The number of hydrogen-bond acceptors (Lipinski definition) is 2. The molecule has 0 saturated carbocycles. The zero-order chi connectivity index (χ0) is 12.1. The van der Waals surface area contributed by atoms with Crippen LogP contribution in [0, 0.1) is 23.1 Å². The molecule has 1 aromatic rings. The molecule has 1 unspecified atom stereocenters. The van der Waals surface area contributed by atoms with E-state index in [0.29, 0.717) is 5.56 Å². The van der Waals surface area contributed by atoms with Crippen LogP contribution >= 0.6 is 0 Å². The van der Waals surface area contributed by atoms with Crippen molar-refractivity contribution in [3.8, 4) is 6.07 Å². The Hall–Kier alpha value is -1.89. The summed E-state index contributed by atoms with van der Waals surface area (Å²) in [6.07, 6.45) is 0. The molecule has 4 heteroatoms. The Balaban J connectivity index is 2.73. The van der Waals surface area contributed by atoms with E-state index in [0.717, 1.165) is 0 Å². The zero-order valence-corrected chi connectivity index (χ0v) is 9.20. The summed E-state index contributed by atoms with van der Waals surface area (Å²) < 4.78 is 12.6. The molecule has 3 nitrogen and oxygen atoms in total. The molecular weight excluding hydrogens is 207 g/mol. The Labute approximate surface area is 93.9 Å². The molecule has 0 saturated heterocycles. The summed E-state index contributed by atoms with van der Waals surface area (Å²) in [5.41, 5.74) is 0.349. The van der Waals surface area contributed by atoms with Crippen molar-refractivity contribution in [1.29, 1.82) is 5.26 Å². The molecule has 1 atom stereocenters. The van der Waals surface area contributed by atoms with Crippen LogP contribution in [-0.2, 0) is 0 Å². The molecule has 0 bridgehead atoms. The smallest absolute Gasteiger partial charge is 0.252 e. The highest BCUT2D eigenvalue weighted by Crippen LogP contribution is 2.05. The predicted molar refractivity (Wildman–Crippen MR) is 58.1 cm³/mol. The molecule has 1 N–H and O–H groups in total. The Morgan fingerprint density at radius 2 is 1.94 bits per heavy atom. The number of nitrogens with one attached hydrogen (secondary N) is 1. The van der Waals surface area contributed by atoms with Gasteiger partial charge in [-0.05, 0) is 30.2 Å². The fourth-order valence-electron chi connectivity index (χ4n) is 1.17. The predicted octanol–water partition coefficient (Wildman–Crippen LogP) is 2.10. The Kier molecular flexibility index (Phi) is 4.01. The van der Waals surface area contributed by atoms with Crippen LogP contribution in [-0.4, -0.2) is 11.9 Å². The molecule has 0 aliphatic heterocycles. The van der Waals surface area contributed by atoms with Gasteiger partial charge in [0, 0.05) is 5.56 Å². The second kappa shape index (κ2) is 5.26. The number of amides is 1. The normalized spacial score (nSPS) is 11.9. The Bertz CT molecular complexity index is 406. The topological polar surface area (TPSA) is 52.9 Å². The summed E-state index contributed by atoms with van der Waals surface area (Å²) in [4.78, 5) is 11.6. The van der Waals surface area contributed by atoms with Gasteiger partial charge in [-0.3, -0.25) is 4.79 Å². The lowest BCUT2D eigenvalue weighted by atomic mass is 10.1. The van der Waals surface area contributed by atoms with E-state index in [1.165, 1.54) is 24.3 Å². The van der Waals surface area contributed by atoms with E-state index in [-0.39, 0.29) is 11.8 Å². The summed E-state index contributed by atoms with van der Waals surface area (Å²) in [6, 6.07) is 6.68. The lowest BCUT2D eigenvalue weighted by molar-refractivity contribution is 0.0937. The molecule has 0 heterocycles. The summed E-state index contributed by atoms with van der Waals surface area (Å²) in [5, 5.41) is 11.4. The first-order valence-electron chi connectivity index (χ1n) is 5.00. The first kappa shape index (κ1) is 12.2. The quantitative estimate of drug-likeness (QED) is 0.848. The van der Waals surface area contributed by atoms with Gasteiger partial charge < -0.3 is 5.32 Å². The second-order valence-electron chi connectivity index (χ2n) is 3.83. The average Bonchev–Trinajstić information content (AvgIpc) is 2.26. The van der Waals surface area contributed by atoms with Crippen LogP contribution in [0.25, 0.3) is 0 Å². The van der Waals surface area contributed by atoms with Crippen LogP contribution in [0.5, 0.6) is 0 Å². The molecule has 0 aromatic heterocycles. The van der Waals surface area contributed by atoms with Gasteiger partial charge in [-0.2, -0.15) is 5.26 Å². The van der Waals surface area contributed by atoms with Gasteiger partial charge in [0.05, 0.1) is 6.07 Å². The number of nitriles is 1. The number of nitrogens with zero attached hydrogens (tertiary/aromatic N) is 1. The lowest BCUT2D eigenvalue weighted by Crippen LogP contribution is -2.37. The Morgan fingerprint density at radius 1 is 1.38 bits per heavy atom. The summed E-state index contributed by atoms with van der Waals surface area (Å²) in [7, 11) is 0. The van der Waals surface area contributed by atoms with Crippen molar-refractivity contribution >= 4 is 5.91 Å². The molecule has 1 amide bonds. The summed E-state index contributed by atoms with van der Waals surface area (Å²) in [6.45, 7) is 3.69. The van der Waals surface area contributed by atoms with Gasteiger partial charge in [-0.25, -0.2) is 4.39 Å². The van der Waals surface area contributed by atoms with Crippen molar-refractivity contribution in [2.45, 2.75) is 19.9 Å². The van der Waals surface area contributed by atoms with E-state index in [2.05, 4.69) is 5.32 Å². The van der Waals surface area contributed by atoms with Crippen molar-refractivity contribution in [2.24, 2.45) is 5.92 Å². The highest BCUT2D eigenvalue weighted by Gasteiger charge is 2.16. The average molecular weight is 220 g/mol. The minimum atomic E-state index is -0.530. The lowest BCUT2D eigenvalue weighted by Gasteiger charge is -2.14. The van der Waals surface area contributed by atoms with Gasteiger partial charge >= 0.3 is 0 Å². The van der Waals surface area contributed by atoms with Gasteiger partial charge in [0.15, 0.2) is 0 Å². The Morgan fingerprint density at radius 3 is 2.38 bits per heavy atom. The van der Waals surface area contributed by atoms with Gasteiger partial charge in [-0.15, -0.1) is 0 Å². The number of hydrogen-bond donors (Lipinski definition) is 1. The third-order valence-corrected chi connectivity index (χ3v) is 2.20. The third kappa shape index (κ3) is 3.06. The standard InChI is InChI=1S/C12H13FN2O/c1-8(2)11(7-14)15-12(16)9-3-5-10(13)6-4-9/h3-6,8,11H,1-2H3,(H,15,16). The maximum Gasteiger partial charge on any atom is 0.252 e. The van der Waals surface area contributed by atoms with Crippen LogP contribution in [0.3, 0.4) is 0 Å². The molecule has 0 radical (unpaired) electrons. The fourth-order valence-corrected chi connectivity index (χ4v) is 1.17. The van der Waals surface area contributed by atoms with Crippen molar-refractivity contribution < 1.29 is 9.18 Å². The molecule has 0 spiro atoms. The molecular formula is C12H13FN2O. The van der Waals surface area contributed by atoms with Gasteiger partial charge in [0.25, 0.3) is 5.91 Å². The number of benzene rings is 1. The van der Waals surface area contributed by atoms with Crippen molar-refractivity contribution in [3.05, 3.63) is 35.6 Å². The van der Waals surface area contributed by atoms with E-state index in [4.69, 9.17) is 5.26 Å².